The normalized spacial score (nSPS) is 26.8. The molecule has 2 aromatic rings. The summed E-state index contributed by atoms with van der Waals surface area (Å²) < 4.78 is 0. The molecular weight excluding hydrogens is 714 g/mol. The largest absolute Gasteiger partial charge is 0.331 e. The van der Waals surface area contributed by atoms with Crippen LogP contribution in [0.2, 0.25) is 5.02 Å². The Hall–Kier alpha value is -4.03. The second-order valence-electron chi connectivity index (χ2n) is 15.5. The Bertz CT molecular complexity index is 1780. The highest BCUT2D eigenvalue weighted by atomic mass is 35.5. The lowest BCUT2D eigenvalue weighted by Crippen LogP contribution is -2.58. The number of nitriles is 1. The molecule has 2 aromatic heterocycles. The summed E-state index contributed by atoms with van der Waals surface area (Å²) in [4.78, 5) is 67.1. The molecule has 4 aliphatic rings. The highest BCUT2D eigenvalue weighted by Crippen LogP contribution is 2.40. The van der Waals surface area contributed by atoms with Crippen molar-refractivity contribution in [3.63, 3.8) is 0 Å². The van der Waals surface area contributed by atoms with E-state index >= 15 is 0 Å². The van der Waals surface area contributed by atoms with Gasteiger partial charge in [0.1, 0.15) is 11.6 Å². The maximum atomic E-state index is 13.6. The molecule has 282 valence electrons. The zero-order chi connectivity index (χ0) is 38.0. The molecule has 1 unspecified atom stereocenters. The van der Waals surface area contributed by atoms with E-state index in [2.05, 4.69) is 49.1 Å². The summed E-state index contributed by atoms with van der Waals surface area (Å²) in [6, 6.07) is 7.64. The summed E-state index contributed by atoms with van der Waals surface area (Å²) in [5, 5.41) is 15.2. The van der Waals surface area contributed by atoms with Gasteiger partial charge in [-0.1, -0.05) is 11.6 Å². The molecular formula is C38H48ClN9O4S. The van der Waals surface area contributed by atoms with Crippen LogP contribution in [0.5, 0.6) is 0 Å². The van der Waals surface area contributed by atoms with Gasteiger partial charge in [-0.05, 0) is 116 Å². The molecule has 4 fully saturated rings. The van der Waals surface area contributed by atoms with Crippen molar-refractivity contribution < 1.29 is 19.2 Å². The van der Waals surface area contributed by atoms with Crippen LogP contribution in [0.25, 0.3) is 0 Å². The molecule has 53 heavy (non-hydrogen) atoms. The fourth-order valence-corrected chi connectivity index (χ4v) is 9.33. The van der Waals surface area contributed by atoms with Crippen molar-refractivity contribution in [2.75, 3.05) is 36.4 Å². The maximum Gasteiger partial charge on any atom is 0.258 e. The van der Waals surface area contributed by atoms with Gasteiger partial charge in [-0.25, -0.2) is 4.98 Å². The van der Waals surface area contributed by atoms with Crippen LogP contribution in [0.15, 0.2) is 30.6 Å². The molecule has 4 amide bonds. The lowest BCUT2D eigenvalue weighted by atomic mass is 9.82. The van der Waals surface area contributed by atoms with Crippen molar-refractivity contribution in [1.29, 1.82) is 5.26 Å². The zero-order valence-corrected chi connectivity index (χ0v) is 32.4. The number of carbonyl (C=O) groups is 4. The number of rotatable bonds is 10. The van der Waals surface area contributed by atoms with E-state index in [1.165, 1.54) is 11.1 Å². The van der Waals surface area contributed by atoms with Crippen LogP contribution in [0, 0.1) is 17.2 Å². The van der Waals surface area contributed by atoms with Gasteiger partial charge in [0.2, 0.25) is 17.7 Å². The molecule has 0 aromatic carbocycles. The summed E-state index contributed by atoms with van der Waals surface area (Å²) in [5.74, 6) is -0.641. The van der Waals surface area contributed by atoms with E-state index in [1.54, 1.807) is 24.4 Å². The zero-order valence-electron chi connectivity index (χ0n) is 30.8. The Morgan fingerprint density at radius 2 is 1.79 bits per heavy atom. The summed E-state index contributed by atoms with van der Waals surface area (Å²) >= 11 is 12.1. The molecule has 3 aliphatic heterocycles. The Balaban J connectivity index is 0.926. The van der Waals surface area contributed by atoms with Gasteiger partial charge in [-0.15, -0.1) is 0 Å². The van der Waals surface area contributed by atoms with Crippen LogP contribution >= 0.6 is 23.8 Å². The van der Waals surface area contributed by atoms with Gasteiger partial charge < -0.3 is 15.1 Å². The first kappa shape index (κ1) is 38.7. The molecule has 5 heterocycles. The Kier molecular flexibility index (Phi) is 11.8. The number of piperazine rings is 1. The van der Waals surface area contributed by atoms with Crippen LogP contribution in [0.3, 0.4) is 0 Å². The molecule has 6 rings (SSSR count). The third-order valence-electron chi connectivity index (χ3n) is 11.4. The Labute approximate surface area is 321 Å². The fraction of sp³-hybridized carbons (Fsp3) is 0.579. The van der Waals surface area contributed by atoms with Crippen LogP contribution in [0.1, 0.15) is 96.4 Å². The van der Waals surface area contributed by atoms with E-state index in [9.17, 15) is 24.4 Å². The van der Waals surface area contributed by atoms with Crippen LogP contribution in [0.4, 0.5) is 11.4 Å². The number of anilines is 2. The maximum absolute atomic E-state index is 13.6. The third kappa shape index (κ3) is 8.38. The SMILES string of the molecule is C[C@@H]1CN(CCCC2CCC(N3C(=S)N(c4cnc(C#N)c(Cl)c4)C(=O)C3(C)C)CC2)C[C@H](C)N1CC(=O)Nc1ccc(C2CCC(=O)NC2=O)nc1. The molecule has 1 saturated carbocycles. The summed E-state index contributed by atoms with van der Waals surface area (Å²) in [6.07, 6.45) is 10.2. The van der Waals surface area contributed by atoms with Gasteiger partial charge in [-0.3, -0.25) is 39.3 Å². The van der Waals surface area contributed by atoms with Gasteiger partial charge in [0.15, 0.2) is 10.8 Å². The van der Waals surface area contributed by atoms with Crippen LogP contribution in [-0.4, -0.2) is 103 Å². The molecule has 15 heteroatoms. The average Bonchev–Trinajstić information content (AvgIpc) is 3.29. The van der Waals surface area contributed by atoms with Crippen molar-refractivity contribution in [3.8, 4) is 6.07 Å². The Morgan fingerprint density at radius 3 is 2.42 bits per heavy atom. The van der Waals surface area contributed by atoms with E-state index in [-0.39, 0.29) is 59.0 Å². The number of hydrogen-bond donors (Lipinski definition) is 2. The summed E-state index contributed by atoms with van der Waals surface area (Å²) in [5.41, 5.74) is 0.960. The van der Waals surface area contributed by atoms with E-state index < -0.39 is 11.5 Å². The summed E-state index contributed by atoms with van der Waals surface area (Å²) in [7, 11) is 0. The smallest absolute Gasteiger partial charge is 0.258 e. The number of halogens is 1. The first-order chi connectivity index (χ1) is 25.3. The monoisotopic (exact) mass is 761 g/mol. The summed E-state index contributed by atoms with van der Waals surface area (Å²) in [6.45, 7) is 11.3. The minimum atomic E-state index is -0.798. The first-order valence-electron chi connectivity index (χ1n) is 18.6. The predicted molar refractivity (Wildman–Crippen MR) is 205 cm³/mol. The number of pyridine rings is 2. The van der Waals surface area contributed by atoms with Gasteiger partial charge in [0, 0.05) is 37.6 Å². The van der Waals surface area contributed by atoms with E-state index in [0.29, 0.717) is 40.9 Å². The number of piperidine rings is 1. The van der Waals surface area contributed by atoms with E-state index in [4.69, 9.17) is 23.8 Å². The molecule has 1 aliphatic carbocycles. The van der Waals surface area contributed by atoms with Gasteiger partial charge >= 0.3 is 0 Å². The molecule has 3 atom stereocenters. The van der Waals surface area contributed by atoms with Crippen molar-refractivity contribution >= 4 is 63.9 Å². The fourth-order valence-electron chi connectivity index (χ4n) is 8.57. The molecule has 0 radical (unpaired) electrons. The van der Waals surface area contributed by atoms with Crippen molar-refractivity contribution in [2.45, 2.75) is 109 Å². The number of carbonyl (C=O) groups excluding carboxylic acids is 4. The van der Waals surface area contributed by atoms with Crippen molar-refractivity contribution in [3.05, 3.63) is 47.0 Å². The Morgan fingerprint density at radius 1 is 1.08 bits per heavy atom. The van der Waals surface area contributed by atoms with Gasteiger partial charge in [-0.2, -0.15) is 5.26 Å². The number of nitrogens with one attached hydrogen (secondary N) is 2. The molecule has 3 saturated heterocycles. The quantitative estimate of drug-likeness (QED) is 0.258. The van der Waals surface area contributed by atoms with Crippen LogP contribution in [-0.2, 0) is 19.2 Å². The van der Waals surface area contributed by atoms with E-state index in [0.717, 1.165) is 58.2 Å². The molecule has 0 bridgehead atoms. The second kappa shape index (κ2) is 16.1. The van der Waals surface area contributed by atoms with Crippen molar-refractivity contribution in [1.82, 2.24) is 30.0 Å². The van der Waals surface area contributed by atoms with Gasteiger partial charge in [0.25, 0.3) is 5.91 Å². The number of aromatic nitrogens is 2. The number of imide groups is 1. The second-order valence-corrected chi connectivity index (χ2v) is 16.2. The minimum Gasteiger partial charge on any atom is -0.331 e. The van der Waals surface area contributed by atoms with Crippen molar-refractivity contribution in [2.24, 2.45) is 5.92 Å². The third-order valence-corrected chi connectivity index (χ3v) is 12.0. The molecule has 0 spiro atoms. The van der Waals surface area contributed by atoms with Crippen LogP contribution < -0.4 is 15.5 Å². The predicted octanol–water partition coefficient (Wildman–Crippen LogP) is 4.61. The lowest BCUT2D eigenvalue weighted by molar-refractivity contribution is -0.134. The minimum absolute atomic E-state index is 0.103. The highest BCUT2D eigenvalue weighted by Gasteiger charge is 2.52. The lowest BCUT2D eigenvalue weighted by Gasteiger charge is -2.44. The standard InChI is InChI=1S/C38H48ClN9O4S/c1-23-20-45(21-24(2)46(23)22-34(50)43-26-9-13-31(41-18-26)29-12-14-33(49)44-35(29)51)15-5-6-25-7-10-27(11-8-25)48-37(53)47(36(52)38(48,3)4)28-16-30(39)32(17-40)42-19-28/h9,13,16,18-19,23-25,27,29H,5-8,10-12,14-15,20-22H2,1-4H3,(H,43,50)(H,44,49,51)/t23-,24+,25?,27?,29?. The van der Waals surface area contributed by atoms with Gasteiger partial charge in [0.05, 0.1) is 46.9 Å². The number of thiocarbonyl (C=S) groups is 1. The number of nitrogens with zero attached hydrogens (tertiary/aromatic N) is 7. The first-order valence-corrected chi connectivity index (χ1v) is 19.4. The van der Waals surface area contributed by atoms with E-state index in [1.807, 2.05) is 19.9 Å². The molecule has 2 N–H and O–H groups in total. The number of amides is 4. The topological polar surface area (TPSA) is 155 Å². The number of hydrogen-bond acceptors (Lipinski definition) is 10. The highest BCUT2D eigenvalue weighted by molar-refractivity contribution is 7.80. The molecule has 13 nitrogen and oxygen atoms in total. The average molecular weight is 762 g/mol.